The summed E-state index contributed by atoms with van der Waals surface area (Å²) in [6.45, 7) is 6.37. The van der Waals surface area contributed by atoms with Gasteiger partial charge in [0.25, 0.3) is 0 Å². The van der Waals surface area contributed by atoms with Crippen LogP contribution in [0.2, 0.25) is 0 Å². The van der Waals surface area contributed by atoms with Crippen LogP contribution >= 0.6 is 0 Å². The quantitative estimate of drug-likeness (QED) is 0.185. The van der Waals surface area contributed by atoms with Crippen molar-refractivity contribution >= 4 is 6.01 Å². The van der Waals surface area contributed by atoms with E-state index < -0.39 is 0 Å². The minimum atomic E-state index is 0.913. The third-order valence-electron chi connectivity index (χ3n) is 4.39. The van der Waals surface area contributed by atoms with Gasteiger partial charge in [0.15, 0.2) is 0 Å². The molecular formula is C21H42N2. The van der Waals surface area contributed by atoms with Crippen LogP contribution in [0.25, 0.3) is 0 Å². The van der Waals surface area contributed by atoms with Gasteiger partial charge in [-0.1, -0.05) is 104 Å². The van der Waals surface area contributed by atoms with Crippen molar-refractivity contribution in [1.82, 2.24) is 0 Å². The molecule has 0 spiro atoms. The highest BCUT2D eigenvalue weighted by Gasteiger charge is 1.91. The van der Waals surface area contributed by atoms with Crippen molar-refractivity contribution in [2.24, 2.45) is 9.98 Å². The maximum Gasteiger partial charge on any atom is 0.0892 e. The Morgan fingerprint density at radius 2 is 0.739 bits per heavy atom. The Labute approximate surface area is 146 Å². The number of nitrogens with zero attached hydrogens (tertiary/aromatic N) is 2. The lowest BCUT2D eigenvalue weighted by Gasteiger charge is -1.99. The molecule has 2 heteroatoms. The first-order valence-corrected chi connectivity index (χ1v) is 10.5. The van der Waals surface area contributed by atoms with Gasteiger partial charge >= 0.3 is 0 Å². The van der Waals surface area contributed by atoms with Crippen LogP contribution in [0.5, 0.6) is 0 Å². The van der Waals surface area contributed by atoms with Crippen LogP contribution in [0, 0.1) is 0 Å². The minimum absolute atomic E-state index is 0.913. The van der Waals surface area contributed by atoms with Crippen molar-refractivity contribution in [1.29, 1.82) is 0 Å². The van der Waals surface area contributed by atoms with E-state index in [9.17, 15) is 0 Å². The van der Waals surface area contributed by atoms with Crippen molar-refractivity contribution < 1.29 is 0 Å². The lowest BCUT2D eigenvalue weighted by Crippen LogP contribution is -1.85. The van der Waals surface area contributed by atoms with Gasteiger partial charge in [-0.15, -0.1) is 0 Å². The lowest BCUT2D eigenvalue weighted by molar-refractivity contribution is 0.577. The Kier molecular flexibility index (Phi) is 20.8. The maximum atomic E-state index is 4.27. The zero-order valence-electron chi connectivity index (χ0n) is 16.1. The third kappa shape index (κ3) is 21.4. The molecular weight excluding hydrogens is 280 g/mol. The summed E-state index contributed by atoms with van der Waals surface area (Å²) in [5.74, 6) is 0. The van der Waals surface area contributed by atoms with Crippen LogP contribution in [0.15, 0.2) is 9.98 Å². The van der Waals surface area contributed by atoms with E-state index in [0.29, 0.717) is 0 Å². The standard InChI is InChI=1S/C21H42N2/c1-3-5-7-9-11-13-15-17-19-22-21-23-20-18-16-14-12-10-8-6-4-2/h3-20H2,1-2H3. The molecule has 0 atom stereocenters. The van der Waals surface area contributed by atoms with E-state index in [2.05, 4.69) is 29.8 Å². The Bertz CT molecular complexity index is 243. The molecule has 0 N–H and O–H groups in total. The van der Waals surface area contributed by atoms with Crippen LogP contribution < -0.4 is 0 Å². The molecule has 136 valence electrons. The van der Waals surface area contributed by atoms with Gasteiger partial charge in [-0.05, 0) is 12.8 Å². The minimum Gasteiger partial charge on any atom is -0.226 e. The first-order valence-electron chi connectivity index (χ1n) is 10.5. The molecule has 2 nitrogen and oxygen atoms in total. The predicted octanol–water partition coefficient (Wildman–Crippen LogP) is 7.44. The molecule has 0 saturated heterocycles. The number of unbranched alkanes of at least 4 members (excludes halogenated alkanes) is 14. The van der Waals surface area contributed by atoms with Gasteiger partial charge in [0.1, 0.15) is 0 Å². The van der Waals surface area contributed by atoms with Gasteiger partial charge in [-0.2, -0.15) is 0 Å². The largest absolute Gasteiger partial charge is 0.226 e. The number of rotatable bonds is 18. The first-order chi connectivity index (χ1) is 11.4. The fourth-order valence-corrected chi connectivity index (χ4v) is 2.80. The van der Waals surface area contributed by atoms with Gasteiger partial charge in [-0.25, -0.2) is 9.98 Å². The molecule has 0 aromatic heterocycles. The SMILES string of the molecule is CCCCCCCCCCN=C=NCCCCCCCCCC. The molecule has 0 saturated carbocycles. The average Bonchev–Trinajstić information content (AvgIpc) is 2.57. The fraction of sp³-hybridized carbons (Fsp3) is 0.952. The second kappa shape index (κ2) is 21.4. The zero-order valence-corrected chi connectivity index (χ0v) is 16.1. The first kappa shape index (κ1) is 22.4. The molecule has 0 aliphatic carbocycles. The molecule has 0 amide bonds. The predicted molar refractivity (Wildman–Crippen MR) is 105 cm³/mol. The fourth-order valence-electron chi connectivity index (χ4n) is 2.80. The summed E-state index contributed by atoms with van der Waals surface area (Å²) >= 11 is 0. The zero-order chi connectivity index (χ0) is 16.8. The van der Waals surface area contributed by atoms with Crippen molar-refractivity contribution in [2.45, 2.75) is 117 Å². The Hall–Kier alpha value is -0.620. The van der Waals surface area contributed by atoms with Gasteiger partial charge in [0, 0.05) is 13.1 Å². The summed E-state index contributed by atoms with van der Waals surface area (Å²) in [5.41, 5.74) is 0. The van der Waals surface area contributed by atoms with Crippen molar-refractivity contribution in [3.8, 4) is 0 Å². The van der Waals surface area contributed by atoms with Gasteiger partial charge in [0.05, 0.1) is 6.01 Å². The second-order valence-corrected chi connectivity index (χ2v) is 6.81. The van der Waals surface area contributed by atoms with E-state index in [-0.39, 0.29) is 0 Å². The lowest BCUT2D eigenvalue weighted by atomic mass is 10.1. The Morgan fingerprint density at radius 1 is 0.435 bits per heavy atom. The molecule has 0 bridgehead atoms. The molecule has 0 aromatic rings. The normalized spacial score (nSPS) is 10.5. The molecule has 0 radical (unpaired) electrons. The van der Waals surface area contributed by atoms with E-state index in [0.717, 1.165) is 13.1 Å². The van der Waals surface area contributed by atoms with Crippen molar-refractivity contribution in [2.75, 3.05) is 13.1 Å². The molecule has 0 aliphatic rings. The highest BCUT2D eigenvalue weighted by molar-refractivity contribution is 5.40. The summed E-state index contributed by atoms with van der Waals surface area (Å²) < 4.78 is 0. The van der Waals surface area contributed by atoms with Crippen LogP contribution in [-0.2, 0) is 0 Å². The summed E-state index contributed by atoms with van der Waals surface area (Å²) in [7, 11) is 0. The van der Waals surface area contributed by atoms with E-state index in [4.69, 9.17) is 0 Å². The maximum absolute atomic E-state index is 4.27. The molecule has 23 heavy (non-hydrogen) atoms. The molecule has 0 aromatic carbocycles. The third-order valence-corrected chi connectivity index (χ3v) is 4.39. The molecule has 0 aliphatic heterocycles. The smallest absolute Gasteiger partial charge is 0.0892 e. The van der Waals surface area contributed by atoms with E-state index in [1.807, 2.05) is 0 Å². The van der Waals surface area contributed by atoms with Gasteiger partial charge < -0.3 is 0 Å². The average molecular weight is 323 g/mol. The van der Waals surface area contributed by atoms with Crippen LogP contribution in [-0.4, -0.2) is 19.1 Å². The van der Waals surface area contributed by atoms with E-state index in [1.54, 1.807) is 0 Å². The summed E-state index contributed by atoms with van der Waals surface area (Å²) in [6.07, 6.45) is 21.7. The van der Waals surface area contributed by atoms with Gasteiger partial charge in [-0.3, -0.25) is 0 Å². The second-order valence-electron chi connectivity index (χ2n) is 6.81. The topological polar surface area (TPSA) is 24.7 Å². The number of hydrogen-bond acceptors (Lipinski definition) is 2. The van der Waals surface area contributed by atoms with Crippen molar-refractivity contribution in [3.05, 3.63) is 0 Å². The highest BCUT2D eigenvalue weighted by atomic mass is 14.8. The molecule has 0 heterocycles. The van der Waals surface area contributed by atoms with Crippen molar-refractivity contribution in [3.63, 3.8) is 0 Å². The number of hydrogen-bond donors (Lipinski definition) is 0. The van der Waals surface area contributed by atoms with Gasteiger partial charge in [0.2, 0.25) is 0 Å². The Balaban J connectivity index is 3.15. The summed E-state index contributed by atoms with van der Waals surface area (Å²) in [6, 6.07) is 2.87. The molecule has 0 unspecified atom stereocenters. The summed E-state index contributed by atoms with van der Waals surface area (Å²) in [4.78, 5) is 8.54. The van der Waals surface area contributed by atoms with Crippen LogP contribution in [0.3, 0.4) is 0 Å². The number of aliphatic imine (C=N–C) groups is 2. The van der Waals surface area contributed by atoms with Crippen LogP contribution in [0.1, 0.15) is 117 Å². The monoisotopic (exact) mass is 322 g/mol. The van der Waals surface area contributed by atoms with E-state index in [1.165, 1.54) is 103 Å². The Morgan fingerprint density at radius 3 is 1.09 bits per heavy atom. The summed E-state index contributed by atoms with van der Waals surface area (Å²) in [5, 5.41) is 0. The molecule has 0 rings (SSSR count). The van der Waals surface area contributed by atoms with Crippen LogP contribution in [0.4, 0.5) is 0 Å². The van der Waals surface area contributed by atoms with E-state index >= 15 is 0 Å². The highest BCUT2D eigenvalue weighted by Crippen LogP contribution is 2.09. The molecule has 0 fully saturated rings.